The molecule has 29 heavy (non-hydrogen) atoms. The SMILES string of the molecule is CC1(Nc2ccc3[nH]nc(-c4cnco4)c3c2)c2ccc(Br)c(F)c2CC1(F)F. The van der Waals surface area contributed by atoms with Crippen molar-refractivity contribution in [1.82, 2.24) is 15.2 Å². The highest BCUT2D eigenvalue weighted by Gasteiger charge is 2.58. The number of alkyl halides is 2. The molecular formula is C20H14BrF3N4O. The van der Waals surface area contributed by atoms with Crippen LogP contribution in [0.15, 0.2) is 51.8 Å². The number of halogens is 4. The molecule has 0 spiro atoms. The third-order valence-electron chi connectivity index (χ3n) is 5.49. The number of hydrogen-bond acceptors (Lipinski definition) is 4. The summed E-state index contributed by atoms with van der Waals surface area (Å²) in [6, 6.07) is 8.12. The molecule has 1 aliphatic carbocycles. The fourth-order valence-corrected chi connectivity index (χ4v) is 4.26. The summed E-state index contributed by atoms with van der Waals surface area (Å²) in [5, 5.41) is 10.7. The summed E-state index contributed by atoms with van der Waals surface area (Å²) in [5.74, 6) is -3.37. The average Bonchev–Trinajstić information content (AvgIpc) is 3.37. The highest BCUT2D eigenvalue weighted by atomic mass is 79.9. The van der Waals surface area contributed by atoms with Crippen molar-refractivity contribution in [2.24, 2.45) is 0 Å². The Kier molecular flexibility index (Phi) is 3.83. The van der Waals surface area contributed by atoms with Crippen molar-refractivity contribution in [2.75, 3.05) is 5.32 Å². The molecule has 2 aromatic heterocycles. The van der Waals surface area contributed by atoms with Gasteiger partial charge in [-0.3, -0.25) is 5.10 Å². The second-order valence-corrected chi connectivity index (χ2v) is 8.07. The summed E-state index contributed by atoms with van der Waals surface area (Å²) in [5.41, 5.74) is 0.198. The van der Waals surface area contributed by atoms with Crippen LogP contribution in [0.5, 0.6) is 0 Å². The van der Waals surface area contributed by atoms with Crippen molar-refractivity contribution in [2.45, 2.75) is 24.8 Å². The van der Waals surface area contributed by atoms with E-state index in [0.29, 0.717) is 22.5 Å². The van der Waals surface area contributed by atoms with Crippen LogP contribution in [-0.2, 0) is 12.0 Å². The average molecular weight is 463 g/mol. The minimum Gasteiger partial charge on any atom is -0.442 e. The number of rotatable bonds is 3. The quantitative estimate of drug-likeness (QED) is 0.413. The fraction of sp³-hybridized carbons (Fsp3) is 0.200. The van der Waals surface area contributed by atoms with Crippen molar-refractivity contribution >= 4 is 32.5 Å². The van der Waals surface area contributed by atoms with E-state index in [-0.39, 0.29) is 15.6 Å². The summed E-state index contributed by atoms with van der Waals surface area (Å²) in [4.78, 5) is 3.89. The summed E-state index contributed by atoms with van der Waals surface area (Å²) >= 11 is 3.08. The van der Waals surface area contributed by atoms with Gasteiger partial charge in [0.1, 0.15) is 17.1 Å². The normalized spacial score (nSPS) is 20.2. The van der Waals surface area contributed by atoms with Gasteiger partial charge in [-0.05, 0) is 52.7 Å². The molecule has 148 valence electrons. The number of hydrogen-bond donors (Lipinski definition) is 2. The van der Waals surface area contributed by atoms with Gasteiger partial charge in [0.05, 0.1) is 16.2 Å². The molecule has 5 nitrogen and oxygen atoms in total. The minimum absolute atomic E-state index is 0.0195. The number of anilines is 1. The Labute approximate surface area is 171 Å². The van der Waals surface area contributed by atoms with Crippen molar-refractivity contribution in [1.29, 1.82) is 0 Å². The third-order valence-corrected chi connectivity index (χ3v) is 6.10. The first-order valence-corrected chi connectivity index (χ1v) is 9.60. The van der Waals surface area contributed by atoms with Gasteiger partial charge in [-0.1, -0.05) is 6.07 Å². The maximum Gasteiger partial charge on any atom is 0.278 e. The molecule has 1 unspecified atom stereocenters. The molecular weight excluding hydrogens is 449 g/mol. The van der Waals surface area contributed by atoms with Gasteiger partial charge in [-0.25, -0.2) is 18.2 Å². The lowest BCUT2D eigenvalue weighted by Crippen LogP contribution is -2.45. The van der Waals surface area contributed by atoms with Crippen LogP contribution in [0.1, 0.15) is 18.1 Å². The Morgan fingerprint density at radius 2 is 2.07 bits per heavy atom. The number of aromatic nitrogens is 3. The first-order valence-electron chi connectivity index (χ1n) is 8.80. The van der Waals surface area contributed by atoms with E-state index in [1.54, 1.807) is 18.2 Å². The number of fused-ring (bicyclic) bond motifs is 2. The first-order chi connectivity index (χ1) is 13.8. The Morgan fingerprint density at radius 1 is 1.24 bits per heavy atom. The van der Waals surface area contributed by atoms with Crippen LogP contribution in [-0.4, -0.2) is 21.1 Å². The molecule has 1 atom stereocenters. The standard InChI is InChI=1S/C20H14BrF3N4O/c1-19(13-3-4-14(21)17(22)12(13)7-20(19,23)24)26-10-2-5-15-11(6-10)18(28-27-15)16-8-25-9-29-16/h2-6,8-9,26H,7H2,1H3,(H,27,28). The molecule has 2 heterocycles. The third kappa shape index (κ3) is 2.60. The summed E-state index contributed by atoms with van der Waals surface area (Å²) in [6.07, 6.45) is 2.15. The number of aromatic amines is 1. The maximum absolute atomic E-state index is 15.1. The molecule has 9 heteroatoms. The van der Waals surface area contributed by atoms with E-state index in [9.17, 15) is 4.39 Å². The zero-order valence-electron chi connectivity index (χ0n) is 15.1. The highest BCUT2D eigenvalue weighted by molar-refractivity contribution is 9.10. The highest BCUT2D eigenvalue weighted by Crippen LogP contribution is 2.51. The van der Waals surface area contributed by atoms with Gasteiger partial charge in [0.25, 0.3) is 5.92 Å². The molecule has 0 radical (unpaired) electrons. The van der Waals surface area contributed by atoms with Gasteiger partial charge >= 0.3 is 0 Å². The zero-order valence-corrected chi connectivity index (χ0v) is 16.6. The topological polar surface area (TPSA) is 66.7 Å². The number of nitrogens with zero attached hydrogens (tertiary/aromatic N) is 2. The molecule has 0 fully saturated rings. The monoisotopic (exact) mass is 462 g/mol. The molecule has 2 N–H and O–H groups in total. The minimum atomic E-state index is -3.18. The Morgan fingerprint density at radius 3 is 2.83 bits per heavy atom. The molecule has 0 saturated carbocycles. The van der Waals surface area contributed by atoms with Crippen LogP contribution in [0.25, 0.3) is 22.4 Å². The number of H-pyrrole nitrogens is 1. The van der Waals surface area contributed by atoms with Crippen LogP contribution < -0.4 is 5.32 Å². The van der Waals surface area contributed by atoms with Gasteiger partial charge in [-0.15, -0.1) is 0 Å². The van der Waals surface area contributed by atoms with Crippen molar-refractivity contribution in [3.05, 3.63) is 64.3 Å². The molecule has 2 aromatic carbocycles. The van der Waals surface area contributed by atoms with Crippen LogP contribution in [0, 0.1) is 5.82 Å². The van der Waals surface area contributed by atoms with E-state index in [0.717, 1.165) is 5.52 Å². The summed E-state index contributed by atoms with van der Waals surface area (Å²) in [7, 11) is 0. The number of oxazole rings is 1. The Bertz CT molecular complexity index is 1240. The molecule has 4 aromatic rings. The van der Waals surface area contributed by atoms with E-state index >= 15 is 8.78 Å². The fourth-order valence-electron chi connectivity index (χ4n) is 3.89. The second kappa shape index (κ2) is 6.09. The molecule has 1 aliphatic rings. The zero-order chi connectivity index (χ0) is 20.4. The lowest BCUT2D eigenvalue weighted by Gasteiger charge is -2.34. The molecule has 0 saturated heterocycles. The van der Waals surface area contributed by atoms with Gasteiger partial charge in [0.15, 0.2) is 12.2 Å². The van der Waals surface area contributed by atoms with Crippen molar-refractivity contribution in [3.8, 4) is 11.5 Å². The van der Waals surface area contributed by atoms with Crippen molar-refractivity contribution < 1.29 is 17.6 Å². The van der Waals surface area contributed by atoms with Gasteiger partial charge in [-0.2, -0.15) is 5.10 Å². The van der Waals surface area contributed by atoms with E-state index in [1.165, 1.54) is 31.6 Å². The Balaban J connectivity index is 1.60. The van der Waals surface area contributed by atoms with Crippen LogP contribution >= 0.6 is 15.9 Å². The predicted octanol–water partition coefficient (Wildman–Crippen LogP) is 5.64. The van der Waals surface area contributed by atoms with Crippen LogP contribution in [0.4, 0.5) is 18.9 Å². The van der Waals surface area contributed by atoms with Crippen LogP contribution in [0.2, 0.25) is 0 Å². The van der Waals surface area contributed by atoms with E-state index in [2.05, 4.69) is 36.4 Å². The lowest BCUT2D eigenvalue weighted by atomic mass is 9.91. The predicted molar refractivity (Wildman–Crippen MR) is 105 cm³/mol. The lowest BCUT2D eigenvalue weighted by molar-refractivity contribution is -0.0474. The smallest absolute Gasteiger partial charge is 0.278 e. The van der Waals surface area contributed by atoms with Gasteiger partial charge < -0.3 is 9.73 Å². The van der Waals surface area contributed by atoms with E-state index in [4.69, 9.17) is 4.42 Å². The molecule has 0 bridgehead atoms. The Hall–Kier alpha value is -2.81. The van der Waals surface area contributed by atoms with E-state index in [1.807, 2.05) is 0 Å². The van der Waals surface area contributed by atoms with Gasteiger partial charge in [0.2, 0.25) is 0 Å². The summed E-state index contributed by atoms with van der Waals surface area (Å²) in [6.45, 7) is 1.39. The number of nitrogens with one attached hydrogen (secondary N) is 2. The van der Waals surface area contributed by atoms with Gasteiger partial charge in [0, 0.05) is 23.1 Å². The van der Waals surface area contributed by atoms with E-state index < -0.39 is 23.7 Å². The first kappa shape index (κ1) is 18.2. The summed E-state index contributed by atoms with van der Waals surface area (Å²) < 4.78 is 50.1. The largest absolute Gasteiger partial charge is 0.442 e. The second-order valence-electron chi connectivity index (χ2n) is 7.22. The number of benzene rings is 2. The van der Waals surface area contributed by atoms with Crippen molar-refractivity contribution in [3.63, 3.8) is 0 Å². The molecule has 0 amide bonds. The van der Waals surface area contributed by atoms with Crippen LogP contribution in [0.3, 0.4) is 0 Å². The maximum atomic E-state index is 15.1. The molecule has 0 aliphatic heterocycles. The molecule has 5 rings (SSSR count).